The summed E-state index contributed by atoms with van der Waals surface area (Å²) >= 11 is 2.67. The summed E-state index contributed by atoms with van der Waals surface area (Å²) in [5.74, 6) is 6.06. The van der Waals surface area contributed by atoms with Crippen molar-refractivity contribution in [2.24, 2.45) is 0 Å². The molecule has 1 aromatic carbocycles. The van der Waals surface area contributed by atoms with Gasteiger partial charge in [0.25, 0.3) is 0 Å². The SMILES string of the molecule is Nn1c(SCC(=O)N2CCN(S(=O)(=O)c3ccc(F)cc3)CC2)nnc1-c1cccs1. The van der Waals surface area contributed by atoms with Gasteiger partial charge in [-0.15, -0.1) is 21.5 Å². The fraction of sp³-hybridized carbons (Fsp3) is 0.278. The first-order chi connectivity index (χ1) is 14.9. The van der Waals surface area contributed by atoms with Crippen molar-refractivity contribution in [2.75, 3.05) is 37.8 Å². The molecule has 3 heterocycles. The molecule has 3 aromatic rings. The lowest BCUT2D eigenvalue weighted by molar-refractivity contribution is -0.129. The summed E-state index contributed by atoms with van der Waals surface area (Å²) in [7, 11) is -3.72. The lowest BCUT2D eigenvalue weighted by Crippen LogP contribution is -2.51. The highest BCUT2D eigenvalue weighted by Crippen LogP contribution is 2.25. The van der Waals surface area contributed by atoms with E-state index in [1.807, 2.05) is 17.5 Å². The number of thiophene rings is 1. The zero-order valence-corrected chi connectivity index (χ0v) is 18.7. The summed E-state index contributed by atoms with van der Waals surface area (Å²) in [6.07, 6.45) is 0. The average Bonchev–Trinajstić information content (AvgIpc) is 3.42. The Kier molecular flexibility index (Phi) is 6.27. The number of hydrogen-bond acceptors (Lipinski definition) is 8. The minimum Gasteiger partial charge on any atom is -0.339 e. The van der Waals surface area contributed by atoms with Crippen LogP contribution in [-0.4, -0.2) is 70.3 Å². The van der Waals surface area contributed by atoms with Gasteiger partial charge in [-0.1, -0.05) is 17.8 Å². The van der Waals surface area contributed by atoms with Crippen molar-refractivity contribution in [2.45, 2.75) is 10.1 Å². The summed E-state index contributed by atoms with van der Waals surface area (Å²) in [5, 5.41) is 10.5. The first-order valence-corrected chi connectivity index (χ1v) is 12.6. The van der Waals surface area contributed by atoms with Gasteiger partial charge in [0.05, 0.1) is 15.5 Å². The smallest absolute Gasteiger partial charge is 0.243 e. The number of nitrogen functional groups attached to an aromatic ring is 1. The maximum Gasteiger partial charge on any atom is 0.243 e. The van der Waals surface area contributed by atoms with Crippen LogP contribution in [0.25, 0.3) is 10.7 Å². The second kappa shape index (κ2) is 8.94. The largest absolute Gasteiger partial charge is 0.339 e. The number of benzene rings is 1. The molecule has 0 saturated carbocycles. The van der Waals surface area contributed by atoms with Gasteiger partial charge in [0.15, 0.2) is 5.82 Å². The van der Waals surface area contributed by atoms with Crippen molar-refractivity contribution in [1.29, 1.82) is 0 Å². The molecular weight excluding hydrogens is 463 g/mol. The van der Waals surface area contributed by atoms with E-state index < -0.39 is 15.8 Å². The molecular formula is C18H19FN6O3S3. The molecule has 0 bridgehead atoms. The number of rotatable bonds is 6. The van der Waals surface area contributed by atoms with Gasteiger partial charge >= 0.3 is 0 Å². The van der Waals surface area contributed by atoms with E-state index in [4.69, 9.17) is 5.84 Å². The van der Waals surface area contributed by atoms with E-state index >= 15 is 0 Å². The van der Waals surface area contributed by atoms with Gasteiger partial charge in [-0.05, 0) is 35.7 Å². The van der Waals surface area contributed by atoms with E-state index in [2.05, 4.69) is 10.2 Å². The van der Waals surface area contributed by atoms with Gasteiger partial charge in [-0.2, -0.15) is 4.31 Å². The van der Waals surface area contributed by atoms with Gasteiger partial charge in [0, 0.05) is 26.2 Å². The average molecular weight is 483 g/mol. The zero-order chi connectivity index (χ0) is 22.0. The van der Waals surface area contributed by atoms with E-state index in [1.54, 1.807) is 4.90 Å². The third-order valence-electron chi connectivity index (χ3n) is 4.77. The molecule has 4 rings (SSSR count). The van der Waals surface area contributed by atoms with E-state index in [1.165, 1.54) is 44.2 Å². The highest BCUT2D eigenvalue weighted by Gasteiger charge is 2.30. The lowest BCUT2D eigenvalue weighted by atomic mass is 10.3. The number of carbonyl (C=O) groups is 1. The second-order valence-corrected chi connectivity index (χ2v) is 10.5. The Bertz CT molecular complexity index is 1160. The van der Waals surface area contributed by atoms with E-state index in [0.717, 1.165) is 17.0 Å². The molecule has 0 radical (unpaired) electrons. The Hall–Kier alpha value is -2.48. The molecule has 1 amide bonds. The summed E-state index contributed by atoms with van der Waals surface area (Å²) in [6, 6.07) is 8.49. The summed E-state index contributed by atoms with van der Waals surface area (Å²) in [6.45, 7) is 0.891. The number of hydrogen-bond donors (Lipinski definition) is 1. The molecule has 1 saturated heterocycles. The molecule has 9 nitrogen and oxygen atoms in total. The van der Waals surface area contributed by atoms with Crippen molar-refractivity contribution in [3.05, 3.63) is 47.6 Å². The first-order valence-electron chi connectivity index (χ1n) is 9.27. The quantitative estimate of drug-likeness (QED) is 0.418. The van der Waals surface area contributed by atoms with Crippen LogP contribution in [0.15, 0.2) is 51.8 Å². The fourth-order valence-electron chi connectivity index (χ4n) is 3.10. The van der Waals surface area contributed by atoms with Gasteiger partial charge in [-0.25, -0.2) is 17.5 Å². The third kappa shape index (κ3) is 4.59. The number of amides is 1. The van der Waals surface area contributed by atoms with Gasteiger partial charge in [-0.3, -0.25) is 4.79 Å². The lowest BCUT2D eigenvalue weighted by Gasteiger charge is -2.34. The Balaban J connectivity index is 1.32. The van der Waals surface area contributed by atoms with Gasteiger partial charge in [0.1, 0.15) is 5.82 Å². The van der Waals surface area contributed by atoms with Crippen LogP contribution in [0.2, 0.25) is 0 Å². The number of nitrogens with zero attached hydrogens (tertiary/aromatic N) is 5. The zero-order valence-electron chi connectivity index (χ0n) is 16.2. The van der Waals surface area contributed by atoms with Crippen molar-refractivity contribution in [3.8, 4) is 10.7 Å². The van der Waals surface area contributed by atoms with Crippen LogP contribution in [0.3, 0.4) is 0 Å². The predicted octanol–water partition coefficient (Wildman–Crippen LogP) is 1.48. The molecule has 0 unspecified atom stereocenters. The maximum atomic E-state index is 13.1. The van der Waals surface area contributed by atoms with Crippen LogP contribution in [0, 0.1) is 5.82 Å². The minimum atomic E-state index is -3.72. The van der Waals surface area contributed by atoms with Crippen molar-refractivity contribution in [3.63, 3.8) is 0 Å². The van der Waals surface area contributed by atoms with Crippen LogP contribution < -0.4 is 5.84 Å². The number of nitrogens with two attached hydrogens (primary N) is 1. The molecule has 1 fully saturated rings. The number of thioether (sulfide) groups is 1. The van der Waals surface area contributed by atoms with E-state index in [9.17, 15) is 17.6 Å². The maximum absolute atomic E-state index is 13.1. The van der Waals surface area contributed by atoms with Gasteiger partial charge < -0.3 is 10.7 Å². The van der Waals surface area contributed by atoms with Crippen LogP contribution in [0.4, 0.5) is 4.39 Å². The van der Waals surface area contributed by atoms with E-state index in [0.29, 0.717) is 11.0 Å². The van der Waals surface area contributed by atoms with Gasteiger partial charge in [0.2, 0.25) is 21.1 Å². The molecule has 0 aliphatic carbocycles. The predicted molar refractivity (Wildman–Crippen MR) is 116 cm³/mol. The van der Waals surface area contributed by atoms with Crippen molar-refractivity contribution < 1.29 is 17.6 Å². The Labute approximate surface area is 186 Å². The second-order valence-electron chi connectivity index (χ2n) is 6.68. The van der Waals surface area contributed by atoms with Crippen LogP contribution in [0.5, 0.6) is 0 Å². The molecule has 0 spiro atoms. The minimum absolute atomic E-state index is 0.0352. The third-order valence-corrected chi connectivity index (χ3v) is 8.48. The van der Waals surface area contributed by atoms with Crippen LogP contribution in [-0.2, 0) is 14.8 Å². The number of sulfonamides is 1. The molecule has 2 aromatic heterocycles. The molecule has 31 heavy (non-hydrogen) atoms. The molecule has 1 aliphatic rings. The Morgan fingerprint density at radius 2 is 1.84 bits per heavy atom. The van der Waals surface area contributed by atoms with E-state index in [-0.39, 0.29) is 42.7 Å². The molecule has 13 heteroatoms. The fourth-order valence-corrected chi connectivity index (χ4v) is 5.99. The number of carbonyl (C=O) groups excluding carboxylic acids is 1. The highest BCUT2D eigenvalue weighted by molar-refractivity contribution is 7.99. The summed E-state index contributed by atoms with van der Waals surface area (Å²) < 4.78 is 41.1. The molecule has 0 atom stereocenters. The van der Waals surface area contributed by atoms with Crippen LogP contribution in [0.1, 0.15) is 0 Å². The molecule has 2 N–H and O–H groups in total. The highest BCUT2D eigenvalue weighted by atomic mass is 32.2. The normalized spacial score (nSPS) is 15.3. The molecule has 164 valence electrons. The van der Waals surface area contributed by atoms with Crippen LogP contribution >= 0.6 is 23.1 Å². The Morgan fingerprint density at radius 1 is 1.13 bits per heavy atom. The summed E-state index contributed by atoms with van der Waals surface area (Å²) in [5.41, 5.74) is 0. The summed E-state index contributed by atoms with van der Waals surface area (Å²) in [4.78, 5) is 15.1. The number of piperazine rings is 1. The first kappa shape index (κ1) is 21.7. The Morgan fingerprint density at radius 3 is 2.48 bits per heavy atom. The monoisotopic (exact) mass is 482 g/mol. The van der Waals surface area contributed by atoms with Crippen molar-refractivity contribution >= 4 is 39.0 Å². The topological polar surface area (TPSA) is 114 Å². The standard InChI is InChI=1S/C18H19FN6O3S3/c19-13-3-5-14(6-4-13)31(27,28)24-9-7-23(8-10-24)16(26)12-30-18-22-21-17(25(18)20)15-2-1-11-29-15/h1-6,11H,7-10,12,20H2. The molecule has 1 aliphatic heterocycles. The van der Waals surface area contributed by atoms with Crippen molar-refractivity contribution in [1.82, 2.24) is 24.1 Å². The number of halogens is 1. The number of aromatic nitrogens is 3.